The van der Waals surface area contributed by atoms with Crippen molar-refractivity contribution >= 4 is 29.2 Å². The average Bonchev–Trinajstić information content (AvgIpc) is 2.92. The molecule has 1 atom stereocenters. The lowest BCUT2D eigenvalue weighted by molar-refractivity contribution is -0.128. The van der Waals surface area contributed by atoms with E-state index < -0.39 is 6.04 Å². The van der Waals surface area contributed by atoms with Crippen LogP contribution in [-0.2, 0) is 4.79 Å². The van der Waals surface area contributed by atoms with Crippen LogP contribution in [0.5, 0.6) is 11.5 Å². The summed E-state index contributed by atoms with van der Waals surface area (Å²) in [6, 6.07) is 2.26. The number of hydrogen-bond acceptors (Lipinski definition) is 5. The summed E-state index contributed by atoms with van der Waals surface area (Å²) in [6.07, 6.45) is 0. The number of ether oxygens (including phenoxy) is 2. The number of imide groups is 1. The molecule has 1 aromatic carbocycles. The van der Waals surface area contributed by atoms with E-state index in [1.807, 2.05) is 0 Å². The summed E-state index contributed by atoms with van der Waals surface area (Å²) in [5, 5.41) is 6.00. The van der Waals surface area contributed by atoms with Crippen LogP contribution in [0.2, 0.25) is 5.02 Å². The number of carbonyl (C=O) groups is 2. The lowest BCUT2D eigenvalue weighted by Crippen LogP contribution is -2.43. The van der Waals surface area contributed by atoms with Gasteiger partial charge in [0.25, 0.3) is 5.91 Å². The predicted octanol–water partition coefficient (Wildman–Crippen LogP) is 1.71. The van der Waals surface area contributed by atoms with Crippen LogP contribution >= 0.6 is 11.6 Å². The number of benzene rings is 1. The molecule has 0 spiro atoms. The second-order valence-corrected chi connectivity index (χ2v) is 5.18. The van der Waals surface area contributed by atoms with Crippen molar-refractivity contribution in [2.75, 3.05) is 32.6 Å². The summed E-state index contributed by atoms with van der Waals surface area (Å²) in [4.78, 5) is 25.0. The minimum absolute atomic E-state index is 0.316. The molecule has 2 N–H and O–H groups in total. The summed E-state index contributed by atoms with van der Waals surface area (Å²) in [7, 11) is 3.01. The molecule has 1 aliphatic heterocycles. The lowest BCUT2D eigenvalue weighted by Gasteiger charge is -2.21. The summed E-state index contributed by atoms with van der Waals surface area (Å²) in [6.45, 7) is 2.50. The number of urea groups is 1. The van der Waals surface area contributed by atoms with E-state index in [4.69, 9.17) is 21.1 Å². The van der Waals surface area contributed by atoms with E-state index in [1.54, 1.807) is 19.1 Å². The van der Waals surface area contributed by atoms with Gasteiger partial charge in [-0.2, -0.15) is 0 Å². The Bertz CT molecular complexity index is 594. The smallest absolute Gasteiger partial charge is 0.324 e. The maximum absolute atomic E-state index is 12.3. The molecule has 1 aliphatic rings. The largest absolute Gasteiger partial charge is 0.495 e. The van der Waals surface area contributed by atoms with Crippen LogP contribution in [0.3, 0.4) is 0 Å². The van der Waals surface area contributed by atoms with Gasteiger partial charge in [0.05, 0.1) is 24.9 Å². The van der Waals surface area contributed by atoms with Gasteiger partial charge in [-0.3, -0.25) is 9.69 Å². The van der Waals surface area contributed by atoms with E-state index in [0.29, 0.717) is 35.3 Å². The van der Waals surface area contributed by atoms with Crippen molar-refractivity contribution in [1.29, 1.82) is 0 Å². The SMILES string of the molecule is COc1cc(OC)c(N[C@@H](C)C(=O)N2CCNC2=O)cc1Cl. The highest BCUT2D eigenvalue weighted by molar-refractivity contribution is 6.32. The minimum atomic E-state index is -0.609. The van der Waals surface area contributed by atoms with Crippen LogP contribution in [0.4, 0.5) is 10.5 Å². The molecule has 1 fully saturated rings. The predicted molar refractivity (Wildman–Crippen MR) is 82.8 cm³/mol. The number of halogens is 1. The first-order valence-corrected chi connectivity index (χ1v) is 7.13. The van der Waals surface area contributed by atoms with Gasteiger partial charge in [-0.15, -0.1) is 0 Å². The van der Waals surface area contributed by atoms with Crippen molar-refractivity contribution in [2.45, 2.75) is 13.0 Å². The molecule has 0 saturated carbocycles. The number of amides is 3. The number of nitrogens with zero attached hydrogens (tertiary/aromatic N) is 1. The molecule has 1 heterocycles. The van der Waals surface area contributed by atoms with E-state index in [0.717, 1.165) is 0 Å². The van der Waals surface area contributed by atoms with Gasteiger partial charge in [0.2, 0.25) is 0 Å². The molecular weight excluding hydrogens is 310 g/mol. The molecule has 3 amide bonds. The lowest BCUT2D eigenvalue weighted by atomic mass is 10.2. The van der Waals surface area contributed by atoms with Gasteiger partial charge in [-0.05, 0) is 13.0 Å². The molecule has 7 nitrogen and oxygen atoms in total. The van der Waals surface area contributed by atoms with E-state index in [-0.39, 0.29) is 11.9 Å². The highest BCUT2D eigenvalue weighted by Crippen LogP contribution is 2.36. The van der Waals surface area contributed by atoms with Gasteiger partial charge in [0.1, 0.15) is 17.5 Å². The third-order valence-electron chi connectivity index (χ3n) is 3.34. The molecule has 0 aromatic heterocycles. The number of anilines is 1. The number of hydrogen-bond donors (Lipinski definition) is 2. The topological polar surface area (TPSA) is 79.9 Å². The van der Waals surface area contributed by atoms with E-state index in [1.165, 1.54) is 19.1 Å². The first-order valence-electron chi connectivity index (χ1n) is 6.75. The monoisotopic (exact) mass is 327 g/mol. The molecule has 0 radical (unpaired) electrons. The summed E-state index contributed by atoms with van der Waals surface area (Å²) in [5.74, 6) is 0.651. The van der Waals surface area contributed by atoms with Crippen molar-refractivity contribution < 1.29 is 19.1 Å². The molecular formula is C14H18ClN3O4. The van der Waals surface area contributed by atoms with Crippen molar-refractivity contribution in [3.05, 3.63) is 17.2 Å². The van der Waals surface area contributed by atoms with Crippen LogP contribution in [0.1, 0.15) is 6.92 Å². The van der Waals surface area contributed by atoms with Crippen LogP contribution in [0.15, 0.2) is 12.1 Å². The fraction of sp³-hybridized carbons (Fsp3) is 0.429. The van der Waals surface area contributed by atoms with Gasteiger partial charge in [0, 0.05) is 19.2 Å². The Morgan fingerprint density at radius 3 is 2.59 bits per heavy atom. The number of rotatable bonds is 5. The number of methoxy groups -OCH3 is 2. The van der Waals surface area contributed by atoms with Gasteiger partial charge < -0.3 is 20.1 Å². The Labute approximate surface area is 133 Å². The normalized spacial score (nSPS) is 15.3. The first kappa shape index (κ1) is 16.2. The Balaban J connectivity index is 2.17. The quantitative estimate of drug-likeness (QED) is 0.860. The van der Waals surface area contributed by atoms with Gasteiger partial charge in [-0.1, -0.05) is 11.6 Å². The summed E-state index contributed by atoms with van der Waals surface area (Å²) in [5.41, 5.74) is 0.550. The average molecular weight is 328 g/mol. The summed E-state index contributed by atoms with van der Waals surface area (Å²) >= 11 is 6.09. The van der Waals surface area contributed by atoms with Gasteiger partial charge >= 0.3 is 6.03 Å². The first-order chi connectivity index (χ1) is 10.5. The Morgan fingerprint density at radius 1 is 1.36 bits per heavy atom. The van der Waals surface area contributed by atoms with Crippen LogP contribution < -0.4 is 20.1 Å². The second-order valence-electron chi connectivity index (χ2n) is 4.77. The van der Waals surface area contributed by atoms with Gasteiger partial charge in [-0.25, -0.2) is 4.79 Å². The van der Waals surface area contributed by atoms with Crippen molar-refractivity contribution in [1.82, 2.24) is 10.2 Å². The van der Waals surface area contributed by atoms with Crippen LogP contribution in [-0.4, -0.2) is 50.2 Å². The highest BCUT2D eigenvalue weighted by Gasteiger charge is 2.30. The Morgan fingerprint density at radius 2 is 2.05 bits per heavy atom. The molecule has 2 rings (SSSR count). The maximum Gasteiger partial charge on any atom is 0.324 e. The number of nitrogens with one attached hydrogen (secondary N) is 2. The fourth-order valence-corrected chi connectivity index (χ4v) is 2.42. The summed E-state index contributed by atoms with van der Waals surface area (Å²) < 4.78 is 10.4. The standard InChI is InChI=1S/C14H18ClN3O4/c1-8(13(19)18-5-4-16-14(18)20)17-10-6-9(15)11(21-2)7-12(10)22-3/h6-8,17H,4-5H2,1-3H3,(H,16,20)/t8-/m0/s1. The van der Waals surface area contributed by atoms with Gasteiger partial charge in [0.15, 0.2) is 0 Å². The van der Waals surface area contributed by atoms with E-state index in [2.05, 4.69) is 10.6 Å². The molecule has 0 aliphatic carbocycles. The molecule has 0 unspecified atom stereocenters. The molecule has 8 heteroatoms. The number of carbonyl (C=O) groups excluding carboxylic acids is 2. The minimum Gasteiger partial charge on any atom is -0.495 e. The fourth-order valence-electron chi connectivity index (χ4n) is 2.18. The third-order valence-corrected chi connectivity index (χ3v) is 3.63. The molecule has 0 bridgehead atoms. The zero-order valence-corrected chi connectivity index (χ0v) is 13.4. The van der Waals surface area contributed by atoms with Crippen molar-refractivity contribution in [3.8, 4) is 11.5 Å². The van der Waals surface area contributed by atoms with Crippen molar-refractivity contribution in [2.24, 2.45) is 0 Å². The second kappa shape index (κ2) is 6.74. The molecule has 1 saturated heterocycles. The molecule has 1 aromatic rings. The van der Waals surface area contributed by atoms with Crippen molar-refractivity contribution in [3.63, 3.8) is 0 Å². The third kappa shape index (κ3) is 3.19. The Kier molecular flexibility index (Phi) is 4.97. The maximum atomic E-state index is 12.3. The van der Waals surface area contributed by atoms with E-state index >= 15 is 0 Å². The highest BCUT2D eigenvalue weighted by atomic mass is 35.5. The van der Waals surface area contributed by atoms with E-state index in [9.17, 15) is 9.59 Å². The zero-order chi connectivity index (χ0) is 16.3. The Hall–Kier alpha value is -2.15. The molecule has 120 valence electrons. The zero-order valence-electron chi connectivity index (χ0n) is 12.6. The van der Waals surface area contributed by atoms with Crippen LogP contribution in [0.25, 0.3) is 0 Å². The van der Waals surface area contributed by atoms with Crippen LogP contribution in [0, 0.1) is 0 Å². The molecule has 22 heavy (non-hydrogen) atoms.